The monoisotopic (exact) mass is 292 g/mol. The Bertz CT molecular complexity index is 723. The summed E-state index contributed by atoms with van der Waals surface area (Å²) < 4.78 is 19.9. The van der Waals surface area contributed by atoms with Crippen LogP contribution in [-0.2, 0) is 6.61 Å². The van der Waals surface area contributed by atoms with Gasteiger partial charge in [0.2, 0.25) is 0 Å². The standard InChI is InChI=1S/C15H10ClFOS/c16-12-5-3-4-10-8-11(19-15(10)12)9-18-14-7-2-1-6-13(14)17/h1-8H,9H2. The number of halogens is 2. The van der Waals surface area contributed by atoms with Crippen LogP contribution < -0.4 is 4.74 Å². The van der Waals surface area contributed by atoms with Crippen molar-refractivity contribution in [1.82, 2.24) is 0 Å². The first-order valence-corrected chi connectivity index (χ1v) is 6.98. The molecule has 0 radical (unpaired) electrons. The molecule has 4 heteroatoms. The first kappa shape index (κ1) is 12.5. The molecular formula is C15H10ClFOS. The second kappa shape index (κ2) is 5.19. The van der Waals surface area contributed by atoms with Crippen LogP contribution in [0.4, 0.5) is 4.39 Å². The lowest BCUT2D eigenvalue weighted by molar-refractivity contribution is 0.293. The van der Waals surface area contributed by atoms with Crippen LogP contribution in [0.1, 0.15) is 4.88 Å². The highest BCUT2D eigenvalue weighted by Crippen LogP contribution is 2.32. The summed E-state index contributed by atoms with van der Waals surface area (Å²) in [4.78, 5) is 1.02. The Morgan fingerprint density at radius 1 is 1.11 bits per heavy atom. The number of hydrogen-bond donors (Lipinski definition) is 0. The van der Waals surface area contributed by atoms with Crippen molar-refractivity contribution in [3.63, 3.8) is 0 Å². The summed E-state index contributed by atoms with van der Waals surface area (Å²) in [7, 11) is 0. The average molecular weight is 293 g/mol. The molecule has 1 aromatic heterocycles. The molecule has 0 fully saturated rings. The number of ether oxygens (including phenoxy) is 1. The summed E-state index contributed by atoms with van der Waals surface area (Å²) in [6, 6.07) is 14.2. The van der Waals surface area contributed by atoms with Crippen LogP contribution in [0.5, 0.6) is 5.75 Å². The molecule has 0 amide bonds. The summed E-state index contributed by atoms with van der Waals surface area (Å²) in [6.07, 6.45) is 0. The minimum atomic E-state index is -0.346. The van der Waals surface area contributed by atoms with Gasteiger partial charge in [-0.1, -0.05) is 35.9 Å². The Balaban J connectivity index is 1.83. The molecular weight excluding hydrogens is 283 g/mol. The average Bonchev–Trinajstić information content (AvgIpc) is 2.82. The smallest absolute Gasteiger partial charge is 0.165 e. The molecule has 0 bridgehead atoms. The fraction of sp³-hybridized carbons (Fsp3) is 0.0667. The van der Waals surface area contributed by atoms with E-state index >= 15 is 0 Å². The first-order valence-electron chi connectivity index (χ1n) is 5.78. The van der Waals surface area contributed by atoms with Crippen molar-refractivity contribution in [3.05, 3.63) is 64.2 Å². The zero-order valence-electron chi connectivity index (χ0n) is 9.90. The summed E-state index contributed by atoms with van der Waals surface area (Å²) in [6.45, 7) is 0.344. The third-order valence-corrected chi connectivity index (χ3v) is 4.34. The lowest BCUT2D eigenvalue weighted by Gasteiger charge is -2.04. The van der Waals surface area contributed by atoms with E-state index in [0.717, 1.165) is 20.0 Å². The predicted molar refractivity (Wildman–Crippen MR) is 77.6 cm³/mol. The van der Waals surface area contributed by atoms with Crippen molar-refractivity contribution in [2.75, 3.05) is 0 Å². The lowest BCUT2D eigenvalue weighted by Crippen LogP contribution is -1.94. The van der Waals surface area contributed by atoms with Crippen LogP contribution in [0.25, 0.3) is 10.1 Å². The molecule has 96 valence electrons. The predicted octanol–water partition coefficient (Wildman–Crippen LogP) is 5.27. The van der Waals surface area contributed by atoms with Gasteiger partial charge < -0.3 is 4.74 Å². The van der Waals surface area contributed by atoms with Gasteiger partial charge in [-0.25, -0.2) is 4.39 Å². The number of rotatable bonds is 3. The molecule has 0 spiro atoms. The number of fused-ring (bicyclic) bond motifs is 1. The molecule has 0 aliphatic carbocycles. The second-order valence-electron chi connectivity index (χ2n) is 4.09. The normalized spacial score (nSPS) is 10.8. The van der Waals surface area contributed by atoms with Gasteiger partial charge in [0.25, 0.3) is 0 Å². The number of hydrogen-bond acceptors (Lipinski definition) is 2. The fourth-order valence-electron chi connectivity index (χ4n) is 1.86. The van der Waals surface area contributed by atoms with Gasteiger partial charge in [-0.05, 0) is 29.7 Å². The van der Waals surface area contributed by atoms with Crippen LogP contribution in [-0.4, -0.2) is 0 Å². The molecule has 1 nitrogen and oxygen atoms in total. The fourth-order valence-corrected chi connectivity index (χ4v) is 3.14. The topological polar surface area (TPSA) is 9.23 Å². The Morgan fingerprint density at radius 2 is 1.95 bits per heavy atom. The van der Waals surface area contributed by atoms with Crippen LogP contribution in [0, 0.1) is 5.82 Å². The molecule has 0 aliphatic heterocycles. The highest BCUT2D eigenvalue weighted by molar-refractivity contribution is 7.19. The second-order valence-corrected chi connectivity index (χ2v) is 5.63. The Hall–Kier alpha value is -1.58. The number of para-hydroxylation sites is 1. The van der Waals surface area contributed by atoms with E-state index in [0.29, 0.717) is 6.61 Å². The van der Waals surface area contributed by atoms with E-state index in [1.807, 2.05) is 24.3 Å². The van der Waals surface area contributed by atoms with Gasteiger partial charge in [-0.15, -0.1) is 11.3 Å². The van der Waals surface area contributed by atoms with Crippen LogP contribution in [0.3, 0.4) is 0 Å². The maximum absolute atomic E-state index is 13.4. The highest BCUT2D eigenvalue weighted by atomic mass is 35.5. The Morgan fingerprint density at radius 3 is 2.74 bits per heavy atom. The van der Waals surface area contributed by atoms with E-state index in [-0.39, 0.29) is 11.6 Å². The van der Waals surface area contributed by atoms with Crippen LogP contribution >= 0.6 is 22.9 Å². The van der Waals surface area contributed by atoms with Gasteiger partial charge >= 0.3 is 0 Å². The molecule has 0 aliphatic rings. The van der Waals surface area contributed by atoms with Crippen molar-refractivity contribution in [3.8, 4) is 5.75 Å². The molecule has 0 N–H and O–H groups in total. The molecule has 19 heavy (non-hydrogen) atoms. The number of thiophene rings is 1. The number of benzene rings is 2. The quantitative estimate of drug-likeness (QED) is 0.639. The SMILES string of the molecule is Fc1ccccc1OCc1cc2cccc(Cl)c2s1. The van der Waals surface area contributed by atoms with E-state index in [1.54, 1.807) is 29.5 Å². The summed E-state index contributed by atoms with van der Waals surface area (Å²) in [5.74, 6) is -0.0762. The van der Waals surface area contributed by atoms with E-state index in [2.05, 4.69) is 0 Å². The highest BCUT2D eigenvalue weighted by Gasteiger charge is 2.07. The van der Waals surface area contributed by atoms with E-state index in [1.165, 1.54) is 6.07 Å². The van der Waals surface area contributed by atoms with Gasteiger partial charge in [0.15, 0.2) is 11.6 Å². The summed E-state index contributed by atoms with van der Waals surface area (Å²) in [5, 5.41) is 1.82. The van der Waals surface area contributed by atoms with E-state index < -0.39 is 0 Å². The molecule has 0 atom stereocenters. The minimum absolute atomic E-state index is 0.269. The van der Waals surface area contributed by atoms with Gasteiger partial charge in [0.05, 0.1) is 9.72 Å². The Labute approximate surface area is 119 Å². The molecule has 0 saturated carbocycles. The van der Waals surface area contributed by atoms with Crippen molar-refractivity contribution in [2.45, 2.75) is 6.61 Å². The first-order chi connectivity index (χ1) is 9.24. The van der Waals surface area contributed by atoms with Crippen molar-refractivity contribution in [2.24, 2.45) is 0 Å². The third kappa shape index (κ3) is 2.57. The van der Waals surface area contributed by atoms with Gasteiger partial charge in [0, 0.05) is 4.88 Å². The van der Waals surface area contributed by atoms with Crippen LogP contribution in [0.15, 0.2) is 48.5 Å². The van der Waals surface area contributed by atoms with E-state index in [4.69, 9.17) is 16.3 Å². The molecule has 2 aromatic carbocycles. The molecule has 0 unspecified atom stereocenters. The minimum Gasteiger partial charge on any atom is -0.485 e. The summed E-state index contributed by atoms with van der Waals surface area (Å²) >= 11 is 7.69. The molecule has 3 aromatic rings. The zero-order chi connectivity index (χ0) is 13.2. The van der Waals surface area contributed by atoms with Gasteiger partial charge in [-0.2, -0.15) is 0 Å². The van der Waals surface area contributed by atoms with Crippen LogP contribution in [0.2, 0.25) is 5.02 Å². The van der Waals surface area contributed by atoms with Crippen molar-refractivity contribution in [1.29, 1.82) is 0 Å². The molecule has 1 heterocycles. The lowest BCUT2D eigenvalue weighted by atomic mass is 10.2. The zero-order valence-corrected chi connectivity index (χ0v) is 11.5. The van der Waals surface area contributed by atoms with Gasteiger partial charge in [-0.3, -0.25) is 0 Å². The molecule has 0 saturated heterocycles. The van der Waals surface area contributed by atoms with Crippen molar-refractivity contribution < 1.29 is 9.13 Å². The Kier molecular flexibility index (Phi) is 3.40. The molecule has 3 rings (SSSR count). The van der Waals surface area contributed by atoms with E-state index in [9.17, 15) is 4.39 Å². The largest absolute Gasteiger partial charge is 0.485 e. The third-order valence-electron chi connectivity index (χ3n) is 2.75. The maximum atomic E-state index is 13.4. The maximum Gasteiger partial charge on any atom is 0.165 e. The van der Waals surface area contributed by atoms with Crippen molar-refractivity contribution >= 4 is 33.0 Å². The van der Waals surface area contributed by atoms with Gasteiger partial charge in [0.1, 0.15) is 6.61 Å². The summed E-state index contributed by atoms with van der Waals surface area (Å²) in [5.41, 5.74) is 0.